The summed E-state index contributed by atoms with van der Waals surface area (Å²) in [4.78, 5) is 0. The molecule has 0 aliphatic carbocycles. The van der Waals surface area contributed by atoms with Crippen molar-refractivity contribution in [2.45, 2.75) is 6.54 Å². The molecular weight excluding hydrogens is 244 g/mol. The van der Waals surface area contributed by atoms with E-state index in [1.54, 1.807) is 11.0 Å². The van der Waals surface area contributed by atoms with Gasteiger partial charge in [-0.3, -0.25) is 0 Å². The van der Waals surface area contributed by atoms with Gasteiger partial charge in [0.2, 0.25) is 5.95 Å². The van der Waals surface area contributed by atoms with E-state index in [4.69, 9.17) is 0 Å². The maximum Gasteiger partial charge on any atom is 0.248 e. The van der Waals surface area contributed by atoms with Gasteiger partial charge in [-0.2, -0.15) is 4.68 Å². The molecule has 0 unspecified atom stereocenters. The molecule has 0 aliphatic heterocycles. The number of hydrogen-bond acceptors (Lipinski definition) is 6. The summed E-state index contributed by atoms with van der Waals surface area (Å²) >= 11 is 0. The molecular formula is C11H12N8. The Labute approximate surface area is 109 Å². The van der Waals surface area contributed by atoms with Crippen molar-refractivity contribution in [1.29, 1.82) is 0 Å². The summed E-state index contributed by atoms with van der Waals surface area (Å²) in [6.07, 6.45) is 1.65. The molecule has 0 saturated heterocycles. The Bertz CT molecular complexity index is 656. The molecule has 19 heavy (non-hydrogen) atoms. The maximum absolute atomic E-state index is 3.99. The zero-order chi connectivity index (χ0) is 13.1. The first-order valence-electron chi connectivity index (χ1n) is 5.75. The van der Waals surface area contributed by atoms with Crippen LogP contribution in [0.4, 0.5) is 5.95 Å². The molecule has 3 aromatic rings. The van der Waals surface area contributed by atoms with E-state index in [2.05, 4.69) is 31.0 Å². The summed E-state index contributed by atoms with van der Waals surface area (Å²) in [5.74, 6) is 1.37. The predicted octanol–water partition coefficient (Wildman–Crippen LogP) is 0.403. The first-order valence-corrected chi connectivity index (χ1v) is 5.75. The first kappa shape index (κ1) is 11.3. The monoisotopic (exact) mass is 256 g/mol. The Morgan fingerprint density at radius 3 is 2.74 bits per heavy atom. The number of benzene rings is 1. The van der Waals surface area contributed by atoms with Crippen LogP contribution in [0.1, 0.15) is 5.82 Å². The van der Waals surface area contributed by atoms with Crippen molar-refractivity contribution in [2.75, 3.05) is 5.32 Å². The molecule has 2 heterocycles. The molecule has 8 heteroatoms. The van der Waals surface area contributed by atoms with Crippen LogP contribution in [0.15, 0.2) is 36.7 Å². The largest absolute Gasteiger partial charge is 0.345 e. The van der Waals surface area contributed by atoms with E-state index >= 15 is 0 Å². The Morgan fingerprint density at radius 1 is 1.16 bits per heavy atom. The normalized spacial score (nSPS) is 10.6. The third kappa shape index (κ3) is 2.28. The average Bonchev–Trinajstić information content (AvgIpc) is 3.06. The molecule has 96 valence electrons. The number of hydrogen-bond donors (Lipinski definition) is 1. The minimum Gasteiger partial charge on any atom is -0.345 e. The van der Waals surface area contributed by atoms with Crippen molar-refractivity contribution >= 4 is 5.95 Å². The number of nitrogens with zero attached hydrogens (tertiary/aromatic N) is 7. The molecule has 3 rings (SSSR count). The summed E-state index contributed by atoms with van der Waals surface area (Å²) in [5, 5.41) is 22.5. The van der Waals surface area contributed by atoms with Gasteiger partial charge >= 0.3 is 0 Å². The fraction of sp³-hybridized carbons (Fsp3) is 0.182. The second kappa shape index (κ2) is 4.84. The third-order valence-corrected chi connectivity index (χ3v) is 2.68. The number of anilines is 1. The molecule has 0 fully saturated rings. The third-order valence-electron chi connectivity index (χ3n) is 2.68. The van der Waals surface area contributed by atoms with Crippen molar-refractivity contribution in [3.8, 4) is 5.69 Å². The van der Waals surface area contributed by atoms with E-state index in [9.17, 15) is 0 Å². The van der Waals surface area contributed by atoms with E-state index in [-0.39, 0.29) is 0 Å². The van der Waals surface area contributed by atoms with E-state index in [0.717, 1.165) is 11.5 Å². The number of nitrogens with one attached hydrogen (secondary N) is 1. The quantitative estimate of drug-likeness (QED) is 0.727. The van der Waals surface area contributed by atoms with E-state index in [1.165, 1.54) is 0 Å². The minimum atomic E-state index is 0.504. The standard InChI is InChI=1S/C11H12N8/c1-18-8-13-14-10(18)7-12-11-15-16-17-19(11)9-5-3-2-4-6-9/h2-6,8H,7H2,1H3,(H,12,15,17). The topological polar surface area (TPSA) is 86.3 Å². The SMILES string of the molecule is Cn1cnnc1CNc1nnnn1-c1ccccc1. The smallest absolute Gasteiger partial charge is 0.248 e. The maximum atomic E-state index is 3.99. The fourth-order valence-corrected chi connectivity index (χ4v) is 1.67. The van der Waals surface area contributed by atoms with Gasteiger partial charge in [0.05, 0.1) is 12.2 Å². The number of aromatic nitrogens is 7. The number of tetrazole rings is 1. The molecule has 0 radical (unpaired) electrons. The summed E-state index contributed by atoms with van der Waals surface area (Å²) < 4.78 is 3.47. The second-order valence-electron chi connectivity index (χ2n) is 3.96. The Kier molecular flexibility index (Phi) is 2.89. The number of aryl methyl sites for hydroxylation is 1. The lowest BCUT2D eigenvalue weighted by Crippen LogP contribution is -2.10. The molecule has 0 spiro atoms. The van der Waals surface area contributed by atoms with Crippen molar-refractivity contribution < 1.29 is 0 Å². The van der Waals surface area contributed by atoms with Crippen molar-refractivity contribution in [1.82, 2.24) is 35.0 Å². The van der Waals surface area contributed by atoms with Gasteiger partial charge in [0.25, 0.3) is 0 Å². The van der Waals surface area contributed by atoms with Crippen molar-refractivity contribution in [3.05, 3.63) is 42.5 Å². The number of para-hydroxylation sites is 1. The highest BCUT2D eigenvalue weighted by Crippen LogP contribution is 2.10. The van der Waals surface area contributed by atoms with Gasteiger partial charge in [0, 0.05) is 7.05 Å². The van der Waals surface area contributed by atoms with Gasteiger partial charge in [0.1, 0.15) is 6.33 Å². The zero-order valence-electron chi connectivity index (χ0n) is 10.3. The van der Waals surface area contributed by atoms with E-state index in [0.29, 0.717) is 12.5 Å². The molecule has 0 atom stereocenters. The molecule has 0 bridgehead atoms. The molecule has 1 aromatic carbocycles. The highest BCUT2D eigenvalue weighted by molar-refractivity contribution is 5.38. The van der Waals surface area contributed by atoms with Crippen LogP contribution in [-0.4, -0.2) is 35.0 Å². The highest BCUT2D eigenvalue weighted by atomic mass is 15.6. The Morgan fingerprint density at radius 2 is 2.00 bits per heavy atom. The lowest BCUT2D eigenvalue weighted by Gasteiger charge is -2.06. The van der Waals surface area contributed by atoms with Gasteiger partial charge in [-0.1, -0.05) is 23.3 Å². The van der Waals surface area contributed by atoms with Crippen LogP contribution < -0.4 is 5.32 Å². The summed E-state index contributed by atoms with van der Waals surface area (Å²) in [6.45, 7) is 0.504. The molecule has 8 nitrogen and oxygen atoms in total. The number of rotatable bonds is 4. The van der Waals surface area contributed by atoms with Crippen LogP contribution in [-0.2, 0) is 13.6 Å². The van der Waals surface area contributed by atoms with Gasteiger partial charge in [-0.05, 0) is 22.6 Å². The summed E-state index contributed by atoms with van der Waals surface area (Å²) in [5.41, 5.74) is 0.896. The fourth-order valence-electron chi connectivity index (χ4n) is 1.67. The Hall–Kier alpha value is -2.77. The van der Waals surface area contributed by atoms with E-state index < -0.39 is 0 Å². The summed E-state index contributed by atoms with van der Waals surface area (Å²) in [6, 6.07) is 9.68. The average molecular weight is 256 g/mol. The van der Waals surface area contributed by atoms with Gasteiger partial charge in [0.15, 0.2) is 5.82 Å². The molecule has 0 saturated carbocycles. The first-order chi connectivity index (χ1) is 9.34. The Balaban J connectivity index is 1.80. The molecule has 1 N–H and O–H groups in total. The van der Waals surface area contributed by atoms with Crippen LogP contribution in [0, 0.1) is 0 Å². The van der Waals surface area contributed by atoms with Gasteiger partial charge in [-0.25, -0.2) is 0 Å². The van der Waals surface area contributed by atoms with Crippen LogP contribution in [0.5, 0.6) is 0 Å². The zero-order valence-corrected chi connectivity index (χ0v) is 10.3. The van der Waals surface area contributed by atoms with Crippen LogP contribution in [0.3, 0.4) is 0 Å². The molecule has 0 amide bonds. The van der Waals surface area contributed by atoms with E-state index in [1.807, 2.05) is 41.9 Å². The van der Waals surface area contributed by atoms with Gasteiger partial charge in [-0.15, -0.1) is 10.2 Å². The van der Waals surface area contributed by atoms with Gasteiger partial charge < -0.3 is 9.88 Å². The lowest BCUT2D eigenvalue weighted by atomic mass is 10.3. The van der Waals surface area contributed by atoms with Crippen LogP contribution >= 0.6 is 0 Å². The second-order valence-corrected chi connectivity index (χ2v) is 3.96. The van der Waals surface area contributed by atoms with Crippen molar-refractivity contribution in [3.63, 3.8) is 0 Å². The molecule has 0 aliphatic rings. The predicted molar refractivity (Wildman–Crippen MR) is 67.5 cm³/mol. The van der Waals surface area contributed by atoms with Crippen molar-refractivity contribution in [2.24, 2.45) is 7.05 Å². The lowest BCUT2D eigenvalue weighted by molar-refractivity contribution is 0.780. The van der Waals surface area contributed by atoms with Crippen LogP contribution in [0.25, 0.3) is 5.69 Å². The molecule has 2 aromatic heterocycles. The summed E-state index contributed by atoms with van der Waals surface area (Å²) in [7, 11) is 1.89. The highest BCUT2D eigenvalue weighted by Gasteiger charge is 2.08. The van der Waals surface area contributed by atoms with Crippen LogP contribution in [0.2, 0.25) is 0 Å². The minimum absolute atomic E-state index is 0.504.